The summed E-state index contributed by atoms with van der Waals surface area (Å²) in [4.78, 5) is 4.28. The normalized spacial score (nSPS) is 12.2. The summed E-state index contributed by atoms with van der Waals surface area (Å²) in [7, 11) is -0.517. The average Bonchev–Trinajstić information content (AvgIpc) is 2.78. The summed E-state index contributed by atoms with van der Waals surface area (Å²) in [6.07, 6.45) is 3.51. The number of nitrogens with zero attached hydrogens (tertiary/aromatic N) is 2. The smallest absolute Gasteiger partial charge is 0.242 e. The van der Waals surface area contributed by atoms with Gasteiger partial charge in [0.1, 0.15) is 12.4 Å². The van der Waals surface area contributed by atoms with Crippen molar-refractivity contribution in [2.75, 3.05) is 19.4 Å². The van der Waals surface area contributed by atoms with Crippen molar-refractivity contribution in [2.45, 2.75) is 24.5 Å². The number of nitrogens with one attached hydrogen (secondary N) is 2. The molecule has 1 heterocycles. The average molecular weight is 471 g/mol. The topological polar surface area (TPSA) is 83.6 Å². The van der Waals surface area contributed by atoms with Crippen molar-refractivity contribution in [3.05, 3.63) is 84.2 Å². The second kappa shape index (κ2) is 10.5. The van der Waals surface area contributed by atoms with E-state index in [1.807, 2.05) is 43.3 Å². The summed E-state index contributed by atoms with van der Waals surface area (Å²) in [5.41, 5.74) is 2.63. The molecule has 1 aromatic heterocycles. The van der Waals surface area contributed by atoms with Crippen LogP contribution in [0.5, 0.6) is 5.75 Å². The molecule has 0 spiro atoms. The number of rotatable bonds is 8. The minimum Gasteiger partial charge on any atom is -0.489 e. The zero-order valence-corrected chi connectivity index (χ0v) is 19.8. The van der Waals surface area contributed by atoms with E-state index in [1.54, 1.807) is 36.7 Å². The molecule has 3 rings (SSSR count). The van der Waals surface area contributed by atoms with E-state index in [1.165, 1.54) is 18.4 Å². The molecule has 2 aromatic carbocycles. The van der Waals surface area contributed by atoms with E-state index in [0.29, 0.717) is 17.4 Å². The van der Waals surface area contributed by atoms with Gasteiger partial charge in [0.25, 0.3) is 0 Å². The van der Waals surface area contributed by atoms with Gasteiger partial charge in [0.2, 0.25) is 10.0 Å². The highest BCUT2D eigenvalue weighted by Gasteiger charge is 2.17. The molecule has 0 saturated carbocycles. The summed E-state index contributed by atoms with van der Waals surface area (Å²) in [6.45, 7) is 2.45. The van der Waals surface area contributed by atoms with E-state index in [0.717, 1.165) is 16.9 Å². The van der Waals surface area contributed by atoms with Crippen LogP contribution in [0.4, 0.5) is 5.69 Å². The van der Waals surface area contributed by atoms with Crippen LogP contribution in [0.25, 0.3) is 0 Å². The lowest BCUT2D eigenvalue weighted by Crippen LogP contribution is -2.31. The Morgan fingerprint density at radius 1 is 1.12 bits per heavy atom. The van der Waals surface area contributed by atoms with E-state index >= 15 is 0 Å². The van der Waals surface area contributed by atoms with E-state index in [-0.39, 0.29) is 10.9 Å². The highest BCUT2D eigenvalue weighted by atomic mass is 32.2. The van der Waals surface area contributed by atoms with Crippen molar-refractivity contribution >= 4 is 33.0 Å². The van der Waals surface area contributed by atoms with Gasteiger partial charge in [-0.15, -0.1) is 0 Å². The van der Waals surface area contributed by atoms with Crippen LogP contribution in [0.15, 0.2) is 78.0 Å². The molecule has 32 heavy (non-hydrogen) atoms. The molecule has 0 amide bonds. The fourth-order valence-corrected chi connectivity index (χ4v) is 4.14. The minimum absolute atomic E-state index is 0.0592. The molecular weight excluding hydrogens is 444 g/mol. The Morgan fingerprint density at radius 2 is 1.88 bits per heavy atom. The largest absolute Gasteiger partial charge is 0.489 e. The molecular formula is C23H26N4O3S2. The Hall–Kier alpha value is -3.01. The molecule has 0 aliphatic heterocycles. The number of anilines is 1. The van der Waals surface area contributed by atoms with Crippen LogP contribution < -0.4 is 15.4 Å². The van der Waals surface area contributed by atoms with Crippen molar-refractivity contribution in [2.24, 2.45) is 0 Å². The maximum atomic E-state index is 12.3. The number of benzene rings is 2. The lowest BCUT2D eigenvalue weighted by atomic mass is 10.1. The third-order valence-corrected chi connectivity index (χ3v) is 6.76. The number of sulfonamides is 1. The van der Waals surface area contributed by atoms with E-state index in [9.17, 15) is 8.42 Å². The third kappa shape index (κ3) is 6.25. The van der Waals surface area contributed by atoms with Gasteiger partial charge >= 0.3 is 0 Å². The number of pyridine rings is 1. The highest BCUT2D eigenvalue weighted by molar-refractivity contribution is 7.89. The Balaban J connectivity index is 1.56. The summed E-state index contributed by atoms with van der Waals surface area (Å²) in [5, 5.41) is 6.66. The first kappa shape index (κ1) is 23.6. The number of aromatic nitrogens is 1. The molecule has 7 nitrogen and oxygen atoms in total. The molecule has 9 heteroatoms. The van der Waals surface area contributed by atoms with Gasteiger partial charge in [0.05, 0.1) is 10.9 Å². The summed E-state index contributed by atoms with van der Waals surface area (Å²) >= 11 is 5.41. The summed E-state index contributed by atoms with van der Waals surface area (Å²) < 4.78 is 31.6. The number of hydrogen-bond acceptors (Lipinski definition) is 5. The predicted octanol–water partition coefficient (Wildman–Crippen LogP) is 3.96. The fraction of sp³-hybridized carbons (Fsp3) is 0.217. The first-order valence-corrected chi connectivity index (χ1v) is 11.8. The lowest BCUT2D eigenvalue weighted by molar-refractivity contribution is 0.305. The molecule has 0 radical (unpaired) electrons. The second-order valence-corrected chi connectivity index (χ2v) is 9.91. The Kier molecular flexibility index (Phi) is 7.79. The van der Waals surface area contributed by atoms with Gasteiger partial charge in [-0.05, 0) is 61.1 Å². The van der Waals surface area contributed by atoms with Gasteiger partial charge in [-0.3, -0.25) is 4.98 Å². The molecule has 3 aromatic rings. The quantitative estimate of drug-likeness (QED) is 0.482. The summed E-state index contributed by atoms with van der Waals surface area (Å²) in [5.74, 6) is 0.768. The van der Waals surface area contributed by atoms with Crippen LogP contribution in [-0.4, -0.2) is 36.9 Å². The Labute approximate surface area is 194 Å². The zero-order chi connectivity index (χ0) is 23.1. The van der Waals surface area contributed by atoms with E-state index < -0.39 is 10.0 Å². The predicted molar refractivity (Wildman–Crippen MR) is 130 cm³/mol. The van der Waals surface area contributed by atoms with Crippen LogP contribution in [0.2, 0.25) is 0 Å². The molecule has 0 aliphatic rings. The van der Waals surface area contributed by atoms with Crippen molar-refractivity contribution in [1.82, 2.24) is 14.6 Å². The maximum Gasteiger partial charge on any atom is 0.242 e. The summed E-state index contributed by atoms with van der Waals surface area (Å²) in [6, 6.07) is 18.1. The van der Waals surface area contributed by atoms with Gasteiger partial charge in [0.15, 0.2) is 5.11 Å². The molecule has 0 aliphatic carbocycles. The zero-order valence-electron chi connectivity index (χ0n) is 18.1. The molecule has 0 bridgehead atoms. The van der Waals surface area contributed by atoms with Gasteiger partial charge < -0.3 is 15.4 Å². The molecule has 1 atom stereocenters. The molecule has 0 fully saturated rings. The molecule has 168 valence electrons. The highest BCUT2D eigenvalue weighted by Crippen LogP contribution is 2.20. The van der Waals surface area contributed by atoms with Crippen molar-refractivity contribution in [3.63, 3.8) is 0 Å². The van der Waals surface area contributed by atoms with E-state index in [4.69, 9.17) is 17.0 Å². The molecule has 2 N–H and O–H groups in total. The Morgan fingerprint density at radius 3 is 2.53 bits per heavy atom. The first-order chi connectivity index (χ1) is 15.3. The molecule has 1 unspecified atom stereocenters. The van der Waals surface area contributed by atoms with Gasteiger partial charge in [0, 0.05) is 37.7 Å². The second-order valence-electron chi connectivity index (χ2n) is 7.35. The monoisotopic (exact) mass is 470 g/mol. The van der Waals surface area contributed by atoms with Gasteiger partial charge in [-0.1, -0.05) is 24.3 Å². The Bertz CT molecular complexity index is 1150. The molecule has 0 saturated heterocycles. The minimum atomic E-state index is -3.51. The van der Waals surface area contributed by atoms with Crippen LogP contribution in [0.3, 0.4) is 0 Å². The van der Waals surface area contributed by atoms with Crippen LogP contribution in [-0.2, 0) is 16.6 Å². The van der Waals surface area contributed by atoms with Crippen LogP contribution in [0, 0.1) is 0 Å². The van der Waals surface area contributed by atoms with Crippen molar-refractivity contribution < 1.29 is 13.2 Å². The van der Waals surface area contributed by atoms with Gasteiger partial charge in [-0.25, -0.2) is 12.7 Å². The third-order valence-electron chi connectivity index (χ3n) is 4.73. The number of thiocarbonyl (C=S) groups is 1. The number of ether oxygens (including phenoxy) is 1. The van der Waals surface area contributed by atoms with Crippen LogP contribution >= 0.6 is 12.2 Å². The standard InChI is InChI=1S/C23H26N4O3S2/c1-17(19-9-11-21(12-10-19)30-16-18-6-5-13-24-15-18)25-23(31)26-20-7-4-8-22(14-20)32(28,29)27(2)3/h4-15,17H,16H2,1-3H3,(H2,25,26,31). The maximum absolute atomic E-state index is 12.3. The van der Waals surface area contributed by atoms with Crippen molar-refractivity contribution in [3.8, 4) is 5.75 Å². The fourth-order valence-electron chi connectivity index (χ4n) is 2.90. The lowest BCUT2D eigenvalue weighted by Gasteiger charge is -2.18. The number of hydrogen-bond donors (Lipinski definition) is 2. The van der Waals surface area contributed by atoms with Gasteiger partial charge in [-0.2, -0.15) is 0 Å². The first-order valence-electron chi connectivity index (χ1n) is 9.97. The van der Waals surface area contributed by atoms with Crippen LogP contribution in [0.1, 0.15) is 24.1 Å². The van der Waals surface area contributed by atoms with E-state index in [2.05, 4.69) is 15.6 Å². The van der Waals surface area contributed by atoms with Crippen molar-refractivity contribution in [1.29, 1.82) is 0 Å². The SMILES string of the molecule is CC(NC(=S)Nc1cccc(S(=O)(=O)N(C)C)c1)c1ccc(OCc2cccnc2)cc1.